The fraction of sp³-hybridized carbons (Fsp3) is 0.400. The summed E-state index contributed by atoms with van der Waals surface area (Å²) in [5.41, 5.74) is 1.56. The summed E-state index contributed by atoms with van der Waals surface area (Å²) in [4.78, 5) is 0. The molecule has 0 aliphatic rings. The molecule has 6 nitrogen and oxygen atoms in total. The number of nitrogens with one attached hydrogen (secondary N) is 1. The van der Waals surface area contributed by atoms with Gasteiger partial charge in [0.1, 0.15) is 17.2 Å². The van der Waals surface area contributed by atoms with E-state index in [1.165, 1.54) is 0 Å². The van der Waals surface area contributed by atoms with Crippen LogP contribution in [0.4, 0.5) is 5.82 Å². The summed E-state index contributed by atoms with van der Waals surface area (Å²) in [5.74, 6) is 0.779. The van der Waals surface area contributed by atoms with Gasteiger partial charge in [0, 0.05) is 13.6 Å². The maximum absolute atomic E-state index is 4.15. The number of aryl methyl sites for hydroxylation is 1. The van der Waals surface area contributed by atoms with Gasteiger partial charge in [-0.25, -0.2) is 4.68 Å². The van der Waals surface area contributed by atoms with E-state index in [2.05, 4.69) is 48.7 Å². The van der Waals surface area contributed by atoms with Gasteiger partial charge in [-0.2, -0.15) is 0 Å². The van der Waals surface area contributed by atoms with Crippen molar-refractivity contribution in [3.63, 3.8) is 0 Å². The molecule has 2 aromatic rings. The van der Waals surface area contributed by atoms with Crippen molar-refractivity contribution in [2.45, 2.75) is 13.3 Å². The Morgan fingerprint density at radius 3 is 2.65 bits per heavy atom. The van der Waals surface area contributed by atoms with Crippen LogP contribution in [0.3, 0.4) is 0 Å². The van der Waals surface area contributed by atoms with Gasteiger partial charge in [-0.1, -0.05) is 12.1 Å². The highest BCUT2D eigenvalue weighted by Crippen LogP contribution is 2.23. The molecule has 0 atom stereocenters. The van der Waals surface area contributed by atoms with Gasteiger partial charge >= 0.3 is 0 Å². The van der Waals surface area contributed by atoms with E-state index in [-0.39, 0.29) is 0 Å². The van der Waals surface area contributed by atoms with Crippen molar-refractivity contribution in [2.75, 3.05) is 11.9 Å². The predicted octanol–water partition coefficient (Wildman–Crippen LogP) is 1.86. The molecule has 0 aliphatic heterocycles. The SMILES string of the molecule is CCCNc1ccc(-c2c(Br)nnn2C)nn1. The molecule has 0 saturated carbocycles. The Bertz CT molecular complexity index is 472. The fourth-order valence-corrected chi connectivity index (χ4v) is 1.94. The molecule has 0 aromatic carbocycles. The molecule has 0 spiro atoms. The summed E-state index contributed by atoms with van der Waals surface area (Å²) in [7, 11) is 1.82. The molecule has 0 amide bonds. The van der Waals surface area contributed by atoms with Gasteiger partial charge in [0.25, 0.3) is 0 Å². The van der Waals surface area contributed by atoms with Crippen LogP contribution in [-0.4, -0.2) is 31.7 Å². The van der Waals surface area contributed by atoms with Crippen molar-refractivity contribution in [2.24, 2.45) is 7.05 Å². The molecule has 2 heterocycles. The van der Waals surface area contributed by atoms with Crippen molar-refractivity contribution in [1.29, 1.82) is 0 Å². The van der Waals surface area contributed by atoms with E-state index in [0.29, 0.717) is 4.60 Å². The number of aromatic nitrogens is 5. The second-order valence-electron chi connectivity index (χ2n) is 3.58. The number of hydrogen-bond acceptors (Lipinski definition) is 5. The number of nitrogens with zero attached hydrogens (tertiary/aromatic N) is 5. The molecule has 0 fully saturated rings. The topological polar surface area (TPSA) is 68.5 Å². The fourth-order valence-electron chi connectivity index (χ4n) is 1.41. The third-order valence-corrected chi connectivity index (χ3v) is 2.78. The Kier molecular flexibility index (Phi) is 3.68. The molecule has 0 radical (unpaired) electrons. The van der Waals surface area contributed by atoms with E-state index in [4.69, 9.17) is 0 Å². The quantitative estimate of drug-likeness (QED) is 0.933. The highest BCUT2D eigenvalue weighted by molar-refractivity contribution is 9.10. The van der Waals surface area contributed by atoms with Crippen LogP contribution in [0, 0.1) is 0 Å². The first-order chi connectivity index (χ1) is 8.22. The molecule has 1 N–H and O–H groups in total. The van der Waals surface area contributed by atoms with Crippen LogP contribution in [-0.2, 0) is 7.05 Å². The lowest BCUT2D eigenvalue weighted by Gasteiger charge is -2.04. The van der Waals surface area contributed by atoms with Crippen LogP contribution in [0.25, 0.3) is 11.4 Å². The van der Waals surface area contributed by atoms with Gasteiger partial charge < -0.3 is 5.32 Å². The summed E-state index contributed by atoms with van der Waals surface area (Å²) in [6.45, 7) is 3.00. The third-order valence-electron chi connectivity index (χ3n) is 2.25. The molecule has 2 aromatic heterocycles. The highest BCUT2D eigenvalue weighted by Gasteiger charge is 2.12. The summed E-state index contributed by atoms with van der Waals surface area (Å²) in [6.07, 6.45) is 1.06. The van der Waals surface area contributed by atoms with E-state index in [1.54, 1.807) is 4.68 Å². The van der Waals surface area contributed by atoms with Crippen LogP contribution in [0.1, 0.15) is 13.3 Å². The zero-order valence-electron chi connectivity index (χ0n) is 9.68. The zero-order chi connectivity index (χ0) is 12.3. The maximum Gasteiger partial charge on any atom is 0.158 e. The normalized spacial score (nSPS) is 10.5. The van der Waals surface area contributed by atoms with E-state index in [0.717, 1.165) is 30.2 Å². The Morgan fingerprint density at radius 1 is 1.29 bits per heavy atom. The largest absolute Gasteiger partial charge is 0.369 e. The number of hydrogen-bond donors (Lipinski definition) is 1. The molecule has 2 rings (SSSR count). The first kappa shape index (κ1) is 12.0. The van der Waals surface area contributed by atoms with Crippen molar-refractivity contribution in [3.8, 4) is 11.4 Å². The Labute approximate surface area is 108 Å². The van der Waals surface area contributed by atoms with E-state index in [9.17, 15) is 0 Å². The molecule has 0 unspecified atom stereocenters. The summed E-state index contributed by atoms with van der Waals surface area (Å²) < 4.78 is 2.33. The minimum Gasteiger partial charge on any atom is -0.369 e. The summed E-state index contributed by atoms with van der Waals surface area (Å²) in [6, 6.07) is 3.80. The molecule has 17 heavy (non-hydrogen) atoms. The first-order valence-corrected chi connectivity index (χ1v) is 6.14. The minimum absolute atomic E-state index is 0.670. The smallest absolute Gasteiger partial charge is 0.158 e. The van der Waals surface area contributed by atoms with Crippen molar-refractivity contribution in [3.05, 3.63) is 16.7 Å². The van der Waals surface area contributed by atoms with Gasteiger partial charge in [0.15, 0.2) is 4.60 Å². The highest BCUT2D eigenvalue weighted by atomic mass is 79.9. The number of halogens is 1. The monoisotopic (exact) mass is 296 g/mol. The van der Waals surface area contributed by atoms with Gasteiger partial charge in [0.2, 0.25) is 0 Å². The Balaban J connectivity index is 2.23. The lowest BCUT2D eigenvalue weighted by Crippen LogP contribution is -2.04. The second kappa shape index (κ2) is 5.22. The van der Waals surface area contributed by atoms with Gasteiger partial charge in [-0.05, 0) is 34.5 Å². The van der Waals surface area contributed by atoms with Crippen molar-refractivity contribution >= 4 is 21.7 Å². The molecule has 90 valence electrons. The van der Waals surface area contributed by atoms with Gasteiger partial charge in [0.05, 0.1) is 0 Å². The van der Waals surface area contributed by atoms with Crippen LogP contribution in [0.2, 0.25) is 0 Å². The first-order valence-electron chi connectivity index (χ1n) is 5.35. The lowest BCUT2D eigenvalue weighted by atomic mass is 10.3. The summed E-state index contributed by atoms with van der Waals surface area (Å²) >= 11 is 3.34. The molecular weight excluding hydrogens is 284 g/mol. The number of anilines is 1. The van der Waals surface area contributed by atoms with Crippen molar-refractivity contribution < 1.29 is 0 Å². The Hall–Kier alpha value is -1.50. The minimum atomic E-state index is 0.670. The molecule has 0 bridgehead atoms. The summed E-state index contributed by atoms with van der Waals surface area (Å²) in [5, 5.41) is 19.2. The van der Waals surface area contributed by atoms with Gasteiger partial charge in [-0.15, -0.1) is 15.3 Å². The van der Waals surface area contributed by atoms with E-state index < -0.39 is 0 Å². The van der Waals surface area contributed by atoms with Crippen LogP contribution in [0.15, 0.2) is 16.7 Å². The average molecular weight is 297 g/mol. The average Bonchev–Trinajstić information content (AvgIpc) is 2.67. The molecule has 7 heteroatoms. The standard InChI is InChI=1S/C10H13BrN6/c1-3-6-12-8-5-4-7(13-14-8)9-10(11)15-16-17(9)2/h4-5H,3,6H2,1-2H3,(H,12,14). The lowest BCUT2D eigenvalue weighted by molar-refractivity contribution is 0.717. The third kappa shape index (κ3) is 2.60. The van der Waals surface area contributed by atoms with Crippen LogP contribution in [0.5, 0.6) is 0 Å². The van der Waals surface area contributed by atoms with Crippen LogP contribution < -0.4 is 5.32 Å². The molecule has 0 aliphatic carbocycles. The zero-order valence-corrected chi connectivity index (χ0v) is 11.3. The maximum atomic E-state index is 4.15. The van der Waals surface area contributed by atoms with Crippen molar-refractivity contribution in [1.82, 2.24) is 25.2 Å². The second-order valence-corrected chi connectivity index (χ2v) is 4.33. The molecular formula is C10H13BrN6. The van der Waals surface area contributed by atoms with Gasteiger partial charge in [-0.3, -0.25) is 0 Å². The molecule has 0 saturated heterocycles. The Morgan fingerprint density at radius 2 is 2.12 bits per heavy atom. The predicted molar refractivity (Wildman–Crippen MR) is 68.5 cm³/mol. The van der Waals surface area contributed by atoms with Crippen LogP contribution >= 0.6 is 15.9 Å². The van der Waals surface area contributed by atoms with E-state index >= 15 is 0 Å². The number of rotatable bonds is 4. The van der Waals surface area contributed by atoms with E-state index in [1.807, 2.05) is 19.2 Å².